The molecule has 0 unspecified atom stereocenters. The van der Waals surface area contributed by atoms with Crippen molar-refractivity contribution in [2.75, 3.05) is 0 Å². The predicted octanol–water partition coefficient (Wildman–Crippen LogP) is 18.3. The van der Waals surface area contributed by atoms with Gasteiger partial charge in [0.1, 0.15) is 0 Å². The molecule has 0 amide bonds. The number of thiophene rings is 1. The Labute approximate surface area is 421 Å². The summed E-state index contributed by atoms with van der Waals surface area (Å²) in [5.41, 5.74) is 21.6. The number of nitrogens with zero attached hydrogens (tertiary/aromatic N) is 4. The molecule has 0 atom stereocenters. The minimum Gasteiger partial charge on any atom is -0.309 e. The highest BCUT2D eigenvalue weighted by molar-refractivity contribution is 7.26. The van der Waals surface area contributed by atoms with Gasteiger partial charge >= 0.3 is 0 Å². The summed E-state index contributed by atoms with van der Waals surface area (Å²) < 4.78 is 7.25. The molecule has 0 N–H and O–H groups in total. The second kappa shape index (κ2) is 16.6. The van der Waals surface area contributed by atoms with Gasteiger partial charge in [-0.05, 0) is 109 Å². The summed E-state index contributed by atoms with van der Waals surface area (Å²) in [6, 6.07) is 82.0. The second-order valence-electron chi connectivity index (χ2n) is 19.1. The van der Waals surface area contributed by atoms with Crippen LogP contribution in [-0.4, -0.2) is 19.1 Å². The van der Waals surface area contributed by atoms with Crippen molar-refractivity contribution < 1.29 is 0 Å². The van der Waals surface area contributed by atoms with Crippen molar-refractivity contribution in [3.05, 3.63) is 241 Å². The van der Waals surface area contributed by atoms with Crippen molar-refractivity contribution in [2.24, 2.45) is 0 Å². The Balaban J connectivity index is 1.13. The lowest BCUT2D eigenvalue weighted by atomic mass is 9.91. The van der Waals surface area contributed by atoms with Crippen LogP contribution in [0, 0.1) is 20.8 Å². The van der Waals surface area contributed by atoms with Crippen LogP contribution in [0.3, 0.4) is 0 Å². The van der Waals surface area contributed by atoms with Gasteiger partial charge in [0.05, 0.1) is 43.7 Å². The largest absolute Gasteiger partial charge is 0.309 e. The van der Waals surface area contributed by atoms with E-state index in [4.69, 9.17) is 9.97 Å². The molecule has 10 aromatic carbocycles. The fraction of sp³-hybridized carbons (Fsp3) is 0.0448. The van der Waals surface area contributed by atoms with Gasteiger partial charge < -0.3 is 9.13 Å². The van der Waals surface area contributed by atoms with Crippen molar-refractivity contribution in [3.8, 4) is 67.4 Å². The van der Waals surface area contributed by atoms with E-state index in [0.717, 1.165) is 77.1 Å². The highest BCUT2D eigenvalue weighted by atomic mass is 32.1. The third-order valence-corrected chi connectivity index (χ3v) is 15.7. The maximum atomic E-state index is 5.54. The van der Waals surface area contributed by atoms with E-state index in [1.807, 2.05) is 6.07 Å². The first-order valence-electron chi connectivity index (χ1n) is 24.6. The van der Waals surface area contributed by atoms with E-state index in [9.17, 15) is 0 Å². The highest BCUT2D eigenvalue weighted by Gasteiger charge is 2.25. The minimum atomic E-state index is 0.711. The Bertz CT molecular complexity index is 4330. The Morgan fingerprint density at radius 1 is 0.375 bits per heavy atom. The molecule has 4 nitrogen and oxygen atoms in total. The van der Waals surface area contributed by atoms with Gasteiger partial charge in [-0.3, -0.25) is 0 Å². The monoisotopic (exact) mass is 938 g/mol. The van der Waals surface area contributed by atoms with E-state index in [0.29, 0.717) is 5.82 Å². The number of aromatic nitrogens is 4. The van der Waals surface area contributed by atoms with E-state index < -0.39 is 0 Å². The topological polar surface area (TPSA) is 35.6 Å². The molecular formula is C67H46N4S. The standard InChI is InChI=1S/C67H46N4S/c1-41-35-42(2)62(43(3)36-41)47-31-34-59-56(37-47)52-33-32-49(70-57-28-16-13-25-50(57)51-26-14-17-29-58(51)70)40-60(52)71(59)65-54(44-19-7-4-8-20-44)38-48(39-55(65)45-21-9-5-10-22-45)63-66-64(53-27-15-18-30-61(53)72-66)69-67(68-63)46-23-11-6-12-24-46/h4-40H,1-3H3. The van der Waals surface area contributed by atoms with Gasteiger partial charge in [-0.25, -0.2) is 9.97 Å². The average Bonchev–Trinajstić information content (AvgIpc) is 4.08. The summed E-state index contributed by atoms with van der Waals surface area (Å²) >= 11 is 1.77. The molecule has 340 valence electrons. The van der Waals surface area contributed by atoms with Crippen molar-refractivity contribution in [2.45, 2.75) is 20.8 Å². The summed E-state index contributed by atoms with van der Waals surface area (Å²) in [4.78, 5) is 10.8. The van der Waals surface area contributed by atoms with Crippen LogP contribution in [-0.2, 0) is 0 Å². The normalized spacial score (nSPS) is 11.8. The molecule has 0 aliphatic heterocycles. The van der Waals surface area contributed by atoms with Gasteiger partial charge in [-0.1, -0.05) is 175 Å². The molecule has 0 spiro atoms. The van der Waals surface area contributed by atoms with Crippen molar-refractivity contribution in [1.29, 1.82) is 0 Å². The molecule has 0 fully saturated rings. The van der Waals surface area contributed by atoms with Crippen LogP contribution >= 0.6 is 11.3 Å². The number of hydrogen-bond acceptors (Lipinski definition) is 3. The summed E-state index contributed by atoms with van der Waals surface area (Å²) in [5.74, 6) is 0.711. The van der Waals surface area contributed by atoms with Crippen molar-refractivity contribution in [1.82, 2.24) is 19.1 Å². The fourth-order valence-corrected chi connectivity index (χ4v) is 12.7. The molecule has 0 aliphatic carbocycles. The number of aryl methyl sites for hydroxylation is 3. The van der Waals surface area contributed by atoms with Crippen LogP contribution in [0.5, 0.6) is 0 Å². The molecule has 0 bridgehead atoms. The van der Waals surface area contributed by atoms with Gasteiger partial charge in [-0.15, -0.1) is 11.3 Å². The zero-order chi connectivity index (χ0) is 48.0. The molecular weight excluding hydrogens is 893 g/mol. The van der Waals surface area contributed by atoms with Crippen LogP contribution < -0.4 is 0 Å². The SMILES string of the molecule is Cc1cc(C)c(-c2ccc3c(c2)c2ccc(-n4c5ccccc5c5ccccc54)cc2n3-c2c(-c3ccccc3)cc(-c3nc(-c4ccccc4)nc4c3sc3ccccc34)cc2-c2ccccc2)c(C)c1. The van der Waals surface area contributed by atoms with E-state index in [-0.39, 0.29) is 0 Å². The van der Waals surface area contributed by atoms with Gasteiger partial charge in [0, 0.05) is 59.6 Å². The number of hydrogen-bond donors (Lipinski definition) is 0. The van der Waals surface area contributed by atoms with Gasteiger partial charge in [0.2, 0.25) is 0 Å². The highest BCUT2D eigenvalue weighted by Crippen LogP contribution is 2.48. The Morgan fingerprint density at radius 3 is 1.56 bits per heavy atom. The first kappa shape index (κ1) is 42.0. The maximum absolute atomic E-state index is 5.54. The summed E-state index contributed by atoms with van der Waals surface area (Å²) in [5, 5.41) is 6.01. The van der Waals surface area contributed by atoms with E-state index in [2.05, 4.69) is 248 Å². The zero-order valence-corrected chi connectivity index (χ0v) is 40.9. The molecule has 14 aromatic rings. The lowest BCUT2D eigenvalue weighted by Gasteiger charge is -2.21. The van der Waals surface area contributed by atoms with Crippen LogP contribution in [0.15, 0.2) is 224 Å². The Kier molecular flexibility index (Phi) is 9.70. The lowest BCUT2D eigenvalue weighted by Crippen LogP contribution is -2.03. The van der Waals surface area contributed by atoms with E-state index in [1.165, 1.54) is 65.1 Å². The maximum Gasteiger partial charge on any atom is 0.160 e. The molecule has 4 heterocycles. The number of para-hydroxylation sites is 2. The smallest absolute Gasteiger partial charge is 0.160 e. The average molecular weight is 939 g/mol. The lowest BCUT2D eigenvalue weighted by molar-refractivity contribution is 1.16. The summed E-state index contributed by atoms with van der Waals surface area (Å²) in [6.45, 7) is 6.68. The molecule has 0 radical (unpaired) electrons. The first-order valence-corrected chi connectivity index (χ1v) is 25.5. The molecule has 14 rings (SSSR count). The van der Waals surface area contributed by atoms with Gasteiger partial charge in [0.15, 0.2) is 5.82 Å². The minimum absolute atomic E-state index is 0.711. The Morgan fingerprint density at radius 2 is 0.917 bits per heavy atom. The van der Waals surface area contributed by atoms with Crippen LogP contribution in [0.2, 0.25) is 0 Å². The summed E-state index contributed by atoms with van der Waals surface area (Å²) in [6.07, 6.45) is 0. The molecule has 4 aromatic heterocycles. The van der Waals surface area contributed by atoms with Crippen LogP contribution in [0.1, 0.15) is 16.7 Å². The molecule has 72 heavy (non-hydrogen) atoms. The van der Waals surface area contributed by atoms with E-state index in [1.54, 1.807) is 11.3 Å². The summed E-state index contributed by atoms with van der Waals surface area (Å²) in [7, 11) is 0. The predicted molar refractivity (Wildman–Crippen MR) is 305 cm³/mol. The van der Waals surface area contributed by atoms with Crippen LogP contribution in [0.25, 0.3) is 131 Å². The number of rotatable bonds is 7. The van der Waals surface area contributed by atoms with Crippen molar-refractivity contribution in [3.63, 3.8) is 0 Å². The van der Waals surface area contributed by atoms with Crippen LogP contribution in [0.4, 0.5) is 0 Å². The third kappa shape index (κ3) is 6.66. The molecule has 0 saturated carbocycles. The number of benzene rings is 10. The second-order valence-corrected chi connectivity index (χ2v) is 20.2. The van der Waals surface area contributed by atoms with E-state index >= 15 is 0 Å². The molecule has 0 aliphatic rings. The third-order valence-electron chi connectivity index (χ3n) is 14.6. The quantitative estimate of drug-likeness (QED) is 0.160. The zero-order valence-electron chi connectivity index (χ0n) is 40.1. The Hall–Kier alpha value is -8.90. The van der Waals surface area contributed by atoms with Crippen molar-refractivity contribution >= 4 is 75.3 Å². The van der Waals surface area contributed by atoms with Gasteiger partial charge in [-0.2, -0.15) is 0 Å². The molecule has 5 heteroatoms. The number of fused-ring (bicyclic) bond motifs is 9. The molecule has 0 saturated heterocycles. The fourth-order valence-electron chi connectivity index (χ4n) is 11.6. The first-order chi connectivity index (χ1) is 35.4. The van der Waals surface area contributed by atoms with Gasteiger partial charge in [0.25, 0.3) is 0 Å².